The summed E-state index contributed by atoms with van der Waals surface area (Å²) in [4.78, 5) is 23.8. The summed E-state index contributed by atoms with van der Waals surface area (Å²) in [6.45, 7) is 8.73. The van der Waals surface area contributed by atoms with Gasteiger partial charge in [0.15, 0.2) is 0 Å². The molecule has 3 rings (SSSR count). The smallest absolute Gasteiger partial charge is 0.309 e. The van der Waals surface area contributed by atoms with E-state index in [2.05, 4.69) is 13.8 Å². The maximum absolute atomic E-state index is 12.4. The van der Waals surface area contributed by atoms with Crippen LogP contribution in [0, 0.1) is 35.0 Å². The van der Waals surface area contributed by atoms with Gasteiger partial charge in [0.1, 0.15) is 12.7 Å². The van der Waals surface area contributed by atoms with Crippen LogP contribution >= 0.6 is 0 Å². The lowest BCUT2D eigenvalue weighted by molar-refractivity contribution is -0.160. The number of carbonyl (C=O) groups excluding carboxylic acids is 2. The summed E-state index contributed by atoms with van der Waals surface area (Å²) in [5, 5.41) is 0. The molecule has 0 aromatic carbocycles. The second-order valence-corrected chi connectivity index (χ2v) is 7.99. The van der Waals surface area contributed by atoms with Crippen LogP contribution < -0.4 is 0 Å². The molecule has 0 amide bonds. The van der Waals surface area contributed by atoms with Crippen LogP contribution in [0.2, 0.25) is 0 Å². The zero-order chi connectivity index (χ0) is 15.4. The number of cyclic esters (lactones) is 1. The van der Waals surface area contributed by atoms with Gasteiger partial charge in [-0.15, -0.1) is 0 Å². The Hall–Kier alpha value is -1.06. The Kier molecular flexibility index (Phi) is 3.53. The van der Waals surface area contributed by atoms with Crippen LogP contribution in [0.1, 0.15) is 47.0 Å². The Morgan fingerprint density at radius 1 is 1.29 bits per heavy atom. The second-order valence-electron chi connectivity index (χ2n) is 7.99. The molecule has 6 unspecified atom stereocenters. The molecule has 0 N–H and O–H groups in total. The quantitative estimate of drug-likeness (QED) is 0.751. The van der Waals surface area contributed by atoms with E-state index in [1.165, 1.54) is 6.42 Å². The molecule has 3 fully saturated rings. The van der Waals surface area contributed by atoms with Gasteiger partial charge in [-0.1, -0.05) is 27.7 Å². The molecule has 0 aromatic rings. The minimum absolute atomic E-state index is 0.0569. The molecule has 21 heavy (non-hydrogen) atoms. The summed E-state index contributed by atoms with van der Waals surface area (Å²) in [5.74, 6) is 2.29. The molecule has 4 heteroatoms. The number of hydrogen-bond donors (Lipinski definition) is 0. The highest BCUT2D eigenvalue weighted by molar-refractivity contribution is 5.74. The Bertz CT molecular complexity index is 454. The molecule has 1 heterocycles. The molecule has 2 aliphatic carbocycles. The molecule has 2 bridgehead atoms. The van der Waals surface area contributed by atoms with Gasteiger partial charge in [-0.3, -0.25) is 9.59 Å². The molecule has 6 atom stereocenters. The maximum Gasteiger partial charge on any atom is 0.309 e. The van der Waals surface area contributed by atoms with E-state index in [0.717, 1.165) is 12.3 Å². The fraction of sp³-hybridized carbons (Fsp3) is 0.882. The van der Waals surface area contributed by atoms with Crippen molar-refractivity contribution in [2.45, 2.75) is 53.1 Å². The number of carbonyl (C=O) groups is 2. The first-order valence-corrected chi connectivity index (χ1v) is 8.15. The lowest BCUT2D eigenvalue weighted by Crippen LogP contribution is -2.35. The lowest BCUT2D eigenvalue weighted by atomic mass is 9.76. The highest BCUT2D eigenvalue weighted by Crippen LogP contribution is 2.55. The molecule has 118 valence electrons. The van der Waals surface area contributed by atoms with E-state index in [-0.39, 0.29) is 36.0 Å². The van der Waals surface area contributed by atoms with E-state index in [1.807, 2.05) is 13.8 Å². The Morgan fingerprint density at radius 2 is 2.00 bits per heavy atom. The standard InChI is InChI=1S/C17H26O4/c1-9-10(2)12-5-11(9)6-13(12)16(19)20-8-14-17(3,4)7-15(18)21-14/h9-14H,5-8H2,1-4H3. The van der Waals surface area contributed by atoms with Crippen molar-refractivity contribution < 1.29 is 19.1 Å². The molecular weight excluding hydrogens is 268 g/mol. The van der Waals surface area contributed by atoms with Crippen LogP contribution in [0.4, 0.5) is 0 Å². The van der Waals surface area contributed by atoms with Crippen molar-refractivity contribution in [2.75, 3.05) is 6.61 Å². The third-order valence-corrected chi connectivity index (χ3v) is 6.32. The normalized spacial score (nSPS) is 43.9. The zero-order valence-electron chi connectivity index (χ0n) is 13.4. The van der Waals surface area contributed by atoms with E-state index in [0.29, 0.717) is 24.2 Å². The monoisotopic (exact) mass is 294 g/mol. The third-order valence-electron chi connectivity index (χ3n) is 6.32. The zero-order valence-corrected chi connectivity index (χ0v) is 13.4. The Balaban J connectivity index is 1.55. The van der Waals surface area contributed by atoms with Crippen molar-refractivity contribution >= 4 is 11.9 Å². The summed E-state index contributed by atoms with van der Waals surface area (Å²) in [6, 6.07) is 0. The molecule has 3 aliphatic rings. The molecule has 1 aliphatic heterocycles. The number of rotatable bonds is 3. The van der Waals surface area contributed by atoms with Crippen LogP contribution in [0.15, 0.2) is 0 Å². The summed E-state index contributed by atoms with van der Waals surface area (Å²) in [7, 11) is 0. The maximum atomic E-state index is 12.4. The van der Waals surface area contributed by atoms with Crippen LogP contribution in [0.25, 0.3) is 0 Å². The first-order valence-electron chi connectivity index (χ1n) is 8.15. The van der Waals surface area contributed by atoms with E-state index < -0.39 is 0 Å². The van der Waals surface area contributed by atoms with Gasteiger partial charge in [0.25, 0.3) is 0 Å². The van der Waals surface area contributed by atoms with E-state index >= 15 is 0 Å². The Morgan fingerprint density at radius 3 is 2.52 bits per heavy atom. The van der Waals surface area contributed by atoms with E-state index in [1.54, 1.807) is 0 Å². The average Bonchev–Trinajstić information content (AvgIpc) is 3.01. The highest BCUT2D eigenvalue weighted by atomic mass is 16.6. The van der Waals surface area contributed by atoms with Crippen molar-refractivity contribution in [3.05, 3.63) is 0 Å². The van der Waals surface area contributed by atoms with Crippen LogP contribution in [0.3, 0.4) is 0 Å². The molecule has 0 radical (unpaired) electrons. The third kappa shape index (κ3) is 2.47. The van der Waals surface area contributed by atoms with Crippen LogP contribution in [-0.2, 0) is 19.1 Å². The Labute approximate surface area is 126 Å². The van der Waals surface area contributed by atoms with Gasteiger partial charge in [0.05, 0.1) is 12.3 Å². The number of fused-ring (bicyclic) bond motifs is 2. The van der Waals surface area contributed by atoms with Crippen molar-refractivity contribution in [2.24, 2.45) is 35.0 Å². The van der Waals surface area contributed by atoms with Crippen molar-refractivity contribution in [1.82, 2.24) is 0 Å². The first-order chi connectivity index (χ1) is 9.79. The molecule has 0 aromatic heterocycles. The minimum Gasteiger partial charge on any atom is -0.461 e. The number of ether oxygens (including phenoxy) is 2. The number of esters is 2. The van der Waals surface area contributed by atoms with Gasteiger partial charge in [-0.25, -0.2) is 0 Å². The lowest BCUT2D eigenvalue weighted by Gasteiger charge is -2.31. The molecule has 0 spiro atoms. The van der Waals surface area contributed by atoms with Gasteiger partial charge < -0.3 is 9.47 Å². The minimum atomic E-state index is -0.302. The van der Waals surface area contributed by atoms with Crippen molar-refractivity contribution in [3.63, 3.8) is 0 Å². The fourth-order valence-corrected chi connectivity index (χ4v) is 4.58. The topological polar surface area (TPSA) is 52.6 Å². The summed E-state index contributed by atoms with van der Waals surface area (Å²) >= 11 is 0. The average molecular weight is 294 g/mol. The van der Waals surface area contributed by atoms with Gasteiger partial charge in [-0.2, -0.15) is 0 Å². The van der Waals surface area contributed by atoms with Crippen molar-refractivity contribution in [1.29, 1.82) is 0 Å². The van der Waals surface area contributed by atoms with Gasteiger partial charge in [0.2, 0.25) is 0 Å². The van der Waals surface area contributed by atoms with Crippen LogP contribution in [0.5, 0.6) is 0 Å². The molecule has 4 nitrogen and oxygen atoms in total. The molecule has 1 saturated heterocycles. The van der Waals surface area contributed by atoms with Crippen LogP contribution in [-0.4, -0.2) is 24.6 Å². The summed E-state index contributed by atoms with van der Waals surface area (Å²) in [6.07, 6.45) is 2.25. The highest BCUT2D eigenvalue weighted by Gasteiger charge is 2.52. The first kappa shape index (κ1) is 14.9. The summed E-state index contributed by atoms with van der Waals surface area (Å²) < 4.78 is 10.8. The van der Waals surface area contributed by atoms with E-state index in [9.17, 15) is 9.59 Å². The fourth-order valence-electron chi connectivity index (χ4n) is 4.58. The largest absolute Gasteiger partial charge is 0.461 e. The van der Waals surface area contributed by atoms with Gasteiger partial charge in [0, 0.05) is 5.41 Å². The molecule has 2 saturated carbocycles. The predicted molar refractivity (Wildman–Crippen MR) is 77.3 cm³/mol. The van der Waals surface area contributed by atoms with Gasteiger partial charge in [-0.05, 0) is 36.5 Å². The van der Waals surface area contributed by atoms with E-state index in [4.69, 9.17) is 9.47 Å². The van der Waals surface area contributed by atoms with Crippen molar-refractivity contribution in [3.8, 4) is 0 Å². The number of hydrogen-bond acceptors (Lipinski definition) is 4. The molecular formula is C17H26O4. The predicted octanol–water partition coefficient (Wildman–Crippen LogP) is 2.80. The SMILES string of the molecule is CC1C2CC(C(=O)OCC3OC(=O)CC3(C)C)C(C2)C1C. The summed E-state index contributed by atoms with van der Waals surface area (Å²) in [5.41, 5.74) is -0.242. The second kappa shape index (κ2) is 4.99. The van der Waals surface area contributed by atoms with Gasteiger partial charge >= 0.3 is 11.9 Å².